The predicted octanol–water partition coefficient (Wildman–Crippen LogP) is -0.636. The van der Waals surface area contributed by atoms with Crippen LogP contribution in [0.3, 0.4) is 0 Å². The minimum absolute atomic E-state index is 0.154. The van der Waals surface area contributed by atoms with Gasteiger partial charge >= 0.3 is 5.97 Å². The maximum absolute atomic E-state index is 11.0. The molecule has 1 rings (SSSR count). The summed E-state index contributed by atoms with van der Waals surface area (Å²) in [4.78, 5) is 14.8. The fraction of sp³-hybridized carbons (Fsp3) is 0.250. The van der Waals surface area contributed by atoms with Gasteiger partial charge in [0.25, 0.3) is 0 Å². The van der Waals surface area contributed by atoms with Gasteiger partial charge in [0.05, 0.1) is 13.3 Å². The Morgan fingerprint density at radius 2 is 2.07 bits per heavy atom. The Morgan fingerprint density at radius 1 is 1.40 bits per heavy atom. The molecular formula is C8H6B3NO3. The highest BCUT2D eigenvalue weighted by Gasteiger charge is 2.12. The van der Waals surface area contributed by atoms with E-state index in [0.717, 1.165) is 0 Å². The van der Waals surface area contributed by atoms with Gasteiger partial charge in [-0.05, 0) is 17.4 Å². The molecule has 0 spiro atoms. The Kier molecular flexibility index (Phi) is 3.45. The van der Waals surface area contributed by atoms with Gasteiger partial charge in [0.15, 0.2) is 0 Å². The molecule has 0 aliphatic carbocycles. The van der Waals surface area contributed by atoms with E-state index in [1.807, 2.05) is 0 Å². The van der Waals surface area contributed by atoms with Crippen molar-refractivity contribution in [3.05, 3.63) is 24.0 Å². The van der Waals surface area contributed by atoms with Gasteiger partial charge in [-0.2, -0.15) is 0 Å². The van der Waals surface area contributed by atoms with E-state index >= 15 is 0 Å². The Bertz CT molecular complexity index is 347. The molecule has 0 unspecified atom stereocenters. The van der Waals surface area contributed by atoms with Crippen LogP contribution in [0.2, 0.25) is 0 Å². The molecule has 0 aromatic carbocycles. The first-order valence-electron chi connectivity index (χ1n) is 4.02. The topological polar surface area (TPSA) is 48.4 Å². The minimum Gasteiger partial charge on any atom is -0.514 e. The van der Waals surface area contributed by atoms with E-state index in [4.69, 9.17) is 28.3 Å². The number of carbonyl (C=O) groups excluding carboxylic acids is 1. The average molecular weight is 197 g/mol. The zero-order chi connectivity index (χ0) is 11.5. The van der Waals surface area contributed by atoms with E-state index in [0.29, 0.717) is 0 Å². The zero-order valence-electron chi connectivity index (χ0n) is 8.14. The van der Waals surface area contributed by atoms with Crippen LogP contribution in [0.15, 0.2) is 18.3 Å². The lowest BCUT2D eigenvalue weighted by Gasteiger charge is -2.22. The Labute approximate surface area is 91.6 Å². The second kappa shape index (κ2) is 4.42. The quantitative estimate of drug-likeness (QED) is 0.477. The van der Waals surface area contributed by atoms with Crippen molar-refractivity contribution in [2.75, 3.05) is 7.11 Å². The smallest absolute Gasteiger partial charge is 0.356 e. The van der Waals surface area contributed by atoms with Crippen molar-refractivity contribution in [2.24, 2.45) is 0 Å². The molecule has 0 amide bonds. The van der Waals surface area contributed by atoms with Crippen molar-refractivity contribution in [3.63, 3.8) is 0 Å². The van der Waals surface area contributed by atoms with Crippen molar-refractivity contribution in [1.82, 2.24) is 4.98 Å². The summed E-state index contributed by atoms with van der Waals surface area (Å²) < 4.78 is 9.35. The Hall–Kier alpha value is -1.39. The fourth-order valence-corrected chi connectivity index (χ4v) is 0.870. The first kappa shape index (κ1) is 11.7. The maximum atomic E-state index is 11.0. The monoisotopic (exact) mass is 197 g/mol. The van der Waals surface area contributed by atoms with Crippen LogP contribution in [0.5, 0.6) is 5.75 Å². The second-order valence-corrected chi connectivity index (χ2v) is 2.83. The Balaban J connectivity index is 2.77. The number of methoxy groups -OCH3 is 1. The number of esters is 1. The summed E-state index contributed by atoms with van der Waals surface area (Å²) in [6.45, 7) is 0. The number of hydrogen-bond acceptors (Lipinski definition) is 4. The molecule has 0 aliphatic rings. The van der Waals surface area contributed by atoms with Crippen LogP contribution in [0.1, 0.15) is 10.5 Å². The summed E-state index contributed by atoms with van der Waals surface area (Å²) in [5, 5.41) is -1.77. The van der Waals surface area contributed by atoms with Crippen molar-refractivity contribution in [2.45, 2.75) is 5.30 Å². The lowest BCUT2D eigenvalue weighted by atomic mass is 9.52. The standard InChI is InChI=1S/C8H6B3NO3/c1-14-7(13)6-3-2-5(4-12-6)15-8(9,10)11/h2-4H,1H3. The Morgan fingerprint density at radius 3 is 2.47 bits per heavy atom. The van der Waals surface area contributed by atoms with Crippen LogP contribution in [-0.2, 0) is 4.74 Å². The summed E-state index contributed by atoms with van der Waals surface area (Å²) in [6.07, 6.45) is 1.27. The molecule has 1 heterocycles. The molecule has 0 saturated carbocycles. The third-order valence-electron chi connectivity index (χ3n) is 1.43. The normalized spacial score (nSPS) is 10.7. The first-order valence-corrected chi connectivity index (χ1v) is 4.02. The van der Waals surface area contributed by atoms with Gasteiger partial charge < -0.3 is 9.47 Å². The summed E-state index contributed by atoms with van der Waals surface area (Å²) in [5.74, 6) is -0.281. The molecular weight excluding hydrogens is 191 g/mol. The van der Waals surface area contributed by atoms with Crippen molar-refractivity contribution < 1.29 is 14.3 Å². The number of aromatic nitrogens is 1. The maximum Gasteiger partial charge on any atom is 0.356 e. The molecule has 4 nitrogen and oxygen atoms in total. The van der Waals surface area contributed by atoms with E-state index in [-0.39, 0.29) is 11.4 Å². The predicted molar refractivity (Wildman–Crippen MR) is 56.2 cm³/mol. The SMILES string of the molecule is [B]C([B])([B])Oc1ccc(C(=O)OC)nc1. The zero-order valence-corrected chi connectivity index (χ0v) is 8.14. The minimum atomic E-state index is -1.77. The summed E-state index contributed by atoms with van der Waals surface area (Å²) in [7, 11) is 16.9. The molecule has 0 saturated heterocycles. The number of pyridine rings is 1. The highest BCUT2D eigenvalue weighted by atomic mass is 16.5. The van der Waals surface area contributed by atoms with Gasteiger partial charge in [0.2, 0.25) is 0 Å². The molecule has 6 radical (unpaired) electrons. The van der Waals surface area contributed by atoms with E-state index < -0.39 is 11.3 Å². The fourth-order valence-electron chi connectivity index (χ4n) is 0.870. The van der Waals surface area contributed by atoms with Gasteiger partial charge in [-0.15, -0.1) is 0 Å². The van der Waals surface area contributed by atoms with Gasteiger partial charge in [-0.25, -0.2) is 9.78 Å². The third kappa shape index (κ3) is 3.69. The molecule has 1 aromatic rings. The molecule has 15 heavy (non-hydrogen) atoms. The van der Waals surface area contributed by atoms with E-state index in [1.165, 1.54) is 25.4 Å². The molecule has 0 N–H and O–H groups in total. The number of carbonyl (C=O) groups is 1. The molecule has 1 aromatic heterocycles. The molecule has 0 atom stereocenters. The van der Waals surface area contributed by atoms with Gasteiger partial charge in [-0.3, -0.25) is 0 Å². The third-order valence-corrected chi connectivity index (χ3v) is 1.43. The second-order valence-electron chi connectivity index (χ2n) is 2.83. The van der Waals surface area contributed by atoms with Crippen molar-refractivity contribution >= 4 is 29.5 Å². The van der Waals surface area contributed by atoms with Crippen LogP contribution >= 0.6 is 0 Å². The number of rotatable bonds is 3. The van der Waals surface area contributed by atoms with E-state index in [1.54, 1.807) is 0 Å². The highest BCUT2D eigenvalue weighted by Crippen LogP contribution is 2.12. The summed E-state index contributed by atoms with van der Waals surface area (Å²) in [5.41, 5.74) is 0.154. The largest absolute Gasteiger partial charge is 0.514 e. The number of nitrogens with zero attached hydrogens (tertiary/aromatic N) is 1. The lowest BCUT2D eigenvalue weighted by molar-refractivity contribution is 0.0594. The summed E-state index contributed by atoms with van der Waals surface area (Å²) in [6, 6.07) is 2.87. The van der Waals surface area contributed by atoms with Crippen molar-refractivity contribution in [1.29, 1.82) is 0 Å². The van der Waals surface area contributed by atoms with Crippen LogP contribution in [0.4, 0.5) is 0 Å². The van der Waals surface area contributed by atoms with Gasteiger partial charge in [-0.1, -0.05) is 0 Å². The van der Waals surface area contributed by atoms with E-state index in [9.17, 15) is 4.79 Å². The van der Waals surface area contributed by atoms with Gasteiger partial charge in [0.1, 0.15) is 35.0 Å². The van der Waals surface area contributed by atoms with Crippen LogP contribution in [0.25, 0.3) is 0 Å². The summed E-state index contributed by atoms with van der Waals surface area (Å²) >= 11 is 0. The first-order chi connectivity index (χ1) is 6.92. The molecule has 0 aliphatic heterocycles. The molecule has 70 valence electrons. The van der Waals surface area contributed by atoms with Crippen LogP contribution in [0, 0.1) is 0 Å². The van der Waals surface area contributed by atoms with Crippen LogP contribution in [-0.4, -0.2) is 46.9 Å². The van der Waals surface area contributed by atoms with Gasteiger partial charge in [0, 0.05) is 0 Å². The molecule has 0 bridgehead atoms. The number of hydrogen-bond donors (Lipinski definition) is 0. The van der Waals surface area contributed by atoms with Crippen molar-refractivity contribution in [3.8, 4) is 5.75 Å². The molecule has 7 heteroatoms. The molecule has 0 fully saturated rings. The highest BCUT2D eigenvalue weighted by molar-refractivity contribution is 6.58. The van der Waals surface area contributed by atoms with E-state index in [2.05, 4.69) is 9.72 Å². The van der Waals surface area contributed by atoms with Crippen LogP contribution < -0.4 is 4.74 Å². The average Bonchev–Trinajstić information content (AvgIpc) is 2.15. The number of ether oxygens (including phenoxy) is 2. The lowest BCUT2D eigenvalue weighted by Crippen LogP contribution is -2.37.